The van der Waals surface area contributed by atoms with Crippen LogP contribution in [0.3, 0.4) is 0 Å². The van der Waals surface area contributed by atoms with Crippen LogP contribution in [0.5, 0.6) is 0 Å². The van der Waals surface area contributed by atoms with Crippen molar-refractivity contribution in [1.82, 2.24) is 10.6 Å². The molecule has 74 valence electrons. The van der Waals surface area contributed by atoms with Crippen molar-refractivity contribution in [1.29, 1.82) is 0 Å². The molecule has 3 amide bonds. The predicted molar refractivity (Wildman–Crippen MR) is 47.5 cm³/mol. The van der Waals surface area contributed by atoms with Crippen molar-refractivity contribution in [2.75, 3.05) is 0 Å². The molecule has 5 heteroatoms. The number of rotatable bonds is 2. The SMILES string of the molecule is CCc1ccc(C2NC(=O)NC2=O)o1. The summed E-state index contributed by atoms with van der Waals surface area (Å²) in [5.41, 5.74) is 0. The maximum Gasteiger partial charge on any atom is 0.322 e. The Hall–Kier alpha value is -1.78. The normalized spacial score (nSPS) is 20.8. The number of furan rings is 1. The average molecular weight is 194 g/mol. The lowest BCUT2D eigenvalue weighted by Gasteiger charge is -2.01. The summed E-state index contributed by atoms with van der Waals surface area (Å²) in [7, 11) is 0. The lowest BCUT2D eigenvalue weighted by molar-refractivity contribution is -0.120. The number of nitrogens with one attached hydrogen (secondary N) is 2. The minimum Gasteiger partial charge on any atom is -0.463 e. The molecule has 1 unspecified atom stereocenters. The van der Waals surface area contributed by atoms with Gasteiger partial charge in [0.2, 0.25) is 0 Å². The van der Waals surface area contributed by atoms with E-state index in [-0.39, 0.29) is 5.91 Å². The molecule has 1 aromatic heterocycles. The van der Waals surface area contributed by atoms with Crippen molar-refractivity contribution in [2.45, 2.75) is 19.4 Å². The summed E-state index contributed by atoms with van der Waals surface area (Å²) in [6, 6.07) is 2.35. The first-order valence-corrected chi connectivity index (χ1v) is 4.40. The number of imide groups is 1. The Balaban J connectivity index is 2.22. The highest BCUT2D eigenvalue weighted by atomic mass is 16.3. The van der Waals surface area contributed by atoms with Gasteiger partial charge in [-0.15, -0.1) is 0 Å². The van der Waals surface area contributed by atoms with Gasteiger partial charge in [0, 0.05) is 6.42 Å². The molecule has 1 fully saturated rings. The summed E-state index contributed by atoms with van der Waals surface area (Å²) in [4.78, 5) is 22.1. The third kappa shape index (κ3) is 1.37. The van der Waals surface area contributed by atoms with Gasteiger partial charge in [-0.1, -0.05) is 6.92 Å². The standard InChI is InChI=1S/C9H10N2O3/c1-2-5-3-4-6(14-5)7-8(12)11-9(13)10-7/h3-4,7H,2H2,1H3,(H2,10,11,12,13). The predicted octanol–water partition coefficient (Wildman–Crippen LogP) is 0.722. The van der Waals surface area contributed by atoms with Gasteiger partial charge < -0.3 is 9.73 Å². The minimum atomic E-state index is -0.678. The smallest absolute Gasteiger partial charge is 0.322 e. The Bertz CT molecular complexity index is 383. The van der Waals surface area contributed by atoms with Crippen LogP contribution in [0.15, 0.2) is 16.5 Å². The van der Waals surface area contributed by atoms with Crippen LogP contribution in [0, 0.1) is 0 Å². The molecule has 1 aliphatic rings. The summed E-state index contributed by atoms with van der Waals surface area (Å²) in [6.07, 6.45) is 0.766. The molecule has 0 aromatic carbocycles. The van der Waals surface area contributed by atoms with E-state index in [0.717, 1.165) is 12.2 Å². The summed E-state index contributed by atoms with van der Waals surface area (Å²) in [6.45, 7) is 1.95. The molecule has 2 N–H and O–H groups in total. The molecule has 2 heterocycles. The van der Waals surface area contributed by atoms with Gasteiger partial charge in [-0.05, 0) is 12.1 Å². The summed E-state index contributed by atoms with van der Waals surface area (Å²) < 4.78 is 5.36. The Morgan fingerprint density at radius 3 is 2.71 bits per heavy atom. The van der Waals surface area contributed by atoms with E-state index < -0.39 is 12.1 Å². The molecule has 0 aliphatic carbocycles. The van der Waals surface area contributed by atoms with Crippen molar-refractivity contribution in [3.63, 3.8) is 0 Å². The zero-order chi connectivity index (χ0) is 10.1. The van der Waals surface area contributed by atoms with E-state index in [0.29, 0.717) is 5.76 Å². The maximum absolute atomic E-state index is 11.2. The van der Waals surface area contributed by atoms with Gasteiger partial charge in [0.15, 0.2) is 6.04 Å². The molecule has 0 saturated carbocycles. The molecular weight excluding hydrogens is 184 g/mol. The van der Waals surface area contributed by atoms with Crippen molar-refractivity contribution < 1.29 is 14.0 Å². The number of hydrogen-bond donors (Lipinski definition) is 2. The average Bonchev–Trinajstić information content (AvgIpc) is 2.71. The van der Waals surface area contributed by atoms with Crippen molar-refractivity contribution >= 4 is 11.9 Å². The molecule has 1 saturated heterocycles. The number of carbonyl (C=O) groups is 2. The first-order valence-electron chi connectivity index (χ1n) is 4.40. The van der Waals surface area contributed by atoms with Crippen LogP contribution in [-0.4, -0.2) is 11.9 Å². The molecule has 0 radical (unpaired) electrons. The topological polar surface area (TPSA) is 71.3 Å². The third-order valence-corrected chi connectivity index (χ3v) is 2.09. The minimum absolute atomic E-state index is 0.369. The first kappa shape index (κ1) is 8.80. The van der Waals surface area contributed by atoms with Gasteiger partial charge in [-0.2, -0.15) is 0 Å². The first-order chi connectivity index (χ1) is 6.70. The highest BCUT2D eigenvalue weighted by molar-refractivity contribution is 6.04. The summed E-state index contributed by atoms with van der Waals surface area (Å²) in [5, 5.41) is 4.61. The third-order valence-electron chi connectivity index (χ3n) is 2.09. The number of urea groups is 1. The summed E-state index contributed by atoms with van der Waals surface area (Å²) >= 11 is 0. The van der Waals surface area contributed by atoms with Crippen molar-refractivity contribution in [3.8, 4) is 0 Å². The van der Waals surface area contributed by atoms with Crippen molar-refractivity contribution in [3.05, 3.63) is 23.7 Å². The zero-order valence-electron chi connectivity index (χ0n) is 7.66. The second kappa shape index (κ2) is 3.17. The van der Waals surface area contributed by atoms with Crippen LogP contribution in [0.25, 0.3) is 0 Å². The van der Waals surface area contributed by atoms with Crippen LogP contribution in [0.4, 0.5) is 4.79 Å². The van der Waals surface area contributed by atoms with E-state index in [1.807, 2.05) is 6.92 Å². The van der Waals surface area contributed by atoms with Crippen molar-refractivity contribution in [2.24, 2.45) is 0 Å². The van der Waals surface area contributed by atoms with E-state index in [1.54, 1.807) is 12.1 Å². The second-order valence-corrected chi connectivity index (χ2v) is 3.05. The van der Waals surface area contributed by atoms with Crippen LogP contribution >= 0.6 is 0 Å². The van der Waals surface area contributed by atoms with Gasteiger partial charge in [0.1, 0.15) is 11.5 Å². The van der Waals surface area contributed by atoms with Gasteiger partial charge in [-0.3, -0.25) is 10.1 Å². The fourth-order valence-electron chi connectivity index (χ4n) is 1.36. The molecule has 0 bridgehead atoms. The van der Waals surface area contributed by atoms with Crippen LogP contribution in [0.1, 0.15) is 24.5 Å². The largest absolute Gasteiger partial charge is 0.463 e. The molecule has 14 heavy (non-hydrogen) atoms. The van der Waals surface area contributed by atoms with Crippen LogP contribution in [-0.2, 0) is 11.2 Å². The molecule has 2 rings (SSSR count). The van der Waals surface area contributed by atoms with Gasteiger partial charge in [-0.25, -0.2) is 4.79 Å². The van der Waals surface area contributed by atoms with Gasteiger partial charge >= 0.3 is 6.03 Å². The quantitative estimate of drug-likeness (QED) is 0.681. The maximum atomic E-state index is 11.2. The van der Waals surface area contributed by atoms with Crippen LogP contribution < -0.4 is 10.6 Å². The molecular formula is C9H10N2O3. The fourth-order valence-corrected chi connectivity index (χ4v) is 1.36. The molecule has 1 aliphatic heterocycles. The number of carbonyl (C=O) groups excluding carboxylic acids is 2. The fraction of sp³-hybridized carbons (Fsp3) is 0.333. The van der Waals surface area contributed by atoms with E-state index in [4.69, 9.17) is 4.42 Å². The van der Waals surface area contributed by atoms with E-state index in [9.17, 15) is 9.59 Å². The number of aryl methyl sites for hydroxylation is 1. The Morgan fingerprint density at radius 2 is 2.21 bits per heavy atom. The van der Waals surface area contributed by atoms with E-state index >= 15 is 0 Å². The van der Waals surface area contributed by atoms with E-state index in [2.05, 4.69) is 10.6 Å². The van der Waals surface area contributed by atoms with E-state index in [1.165, 1.54) is 0 Å². The number of hydrogen-bond acceptors (Lipinski definition) is 3. The lowest BCUT2D eigenvalue weighted by Crippen LogP contribution is -2.22. The summed E-state index contributed by atoms with van der Waals surface area (Å²) in [5.74, 6) is 0.908. The zero-order valence-corrected chi connectivity index (χ0v) is 7.66. The number of amides is 3. The highest BCUT2D eigenvalue weighted by Crippen LogP contribution is 2.19. The molecule has 1 atom stereocenters. The molecule has 1 aromatic rings. The monoisotopic (exact) mass is 194 g/mol. The Kier molecular flexibility index (Phi) is 1.99. The van der Waals surface area contributed by atoms with Crippen LogP contribution in [0.2, 0.25) is 0 Å². The molecule has 0 spiro atoms. The lowest BCUT2D eigenvalue weighted by atomic mass is 10.2. The Morgan fingerprint density at radius 1 is 1.43 bits per heavy atom. The van der Waals surface area contributed by atoms with Gasteiger partial charge in [0.05, 0.1) is 0 Å². The second-order valence-electron chi connectivity index (χ2n) is 3.05. The highest BCUT2D eigenvalue weighted by Gasteiger charge is 2.33. The Labute approximate surface area is 80.5 Å². The van der Waals surface area contributed by atoms with Gasteiger partial charge in [0.25, 0.3) is 5.91 Å². The molecule has 5 nitrogen and oxygen atoms in total.